The molecule has 0 heterocycles. The van der Waals surface area contributed by atoms with E-state index in [9.17, 15) is 4.79 Å². The van der Waals surface area contributed by atoms with Gasteiger partial charge in [-0.05, 0) is 36.9 Å². The van der Waals surface area contributed by atoms with Crippen LogP contribution in [-0.4, -0.2) is 18.2 Å². The molecule has 3 N–H and O–H groups in total. The summed E-state index contributed by atoms with van der Waals surface area (Å²) >= 11 is 1.67. The first-order valence-corrected chi connectivity index (χ1v) is 8.30. The Labute approximate surface area is 132 Å². The summed E-state index contributed by atoms with van der Waals surface area (Å²) in [6.07, 6.45) is 4.16. The highest BCUT2D eigenvalue weighted by Gasteiger charge is 2.18. The molecule has 0 fully saturated rings. The largest absolute Gasteiger partial charge is 0.330 e. The zero-order chi connectivity index (χ0) is 15.7. The van der Waals surface area contributed by atoms with Crippen molar-refractivity contribution in [3.05, 3.63) is 36.9 Å². The molecule has 0 bridgehead atoms. The zero-order valence-electron chi connectivity index (χ0n) is 13.0. The Balaban J connectivity index is 2.56. The number of nitrogens with two attached hydrogens (primary N) is 1. The van der Waals surface area contributed by atoms with Crippen molar-refractivity contribution in [2.45, 2.75) is 38.0 Å². The minimum atomic E-state index is 0.0618. The van der Waals surface area contributed by atoms with E-state index in [4.69, 9.17) is 5.73 Å². The van der Waals surface area contributed by atoms with Crippen LogP contribution in [0.1, 0.15) is 33.1 Å². The minimum absolute atomic E-state index is 0.0618. The lowest BCUT2D eigenvalue weighted by Gasteiger charge is -2.23. The molecule has 0 aliphatic rings. The highest BCUT2D eigenvalue weighted by molar-refractivity contribution is 7.99. The lowest BCUT2D eigenvalue weighted by Crippen LogP contribution is -2.20. The number of amides is 1. The number of rotatable bonds is 9. The van der Waals surface area contributed by atoms with Gasteiger partial charge in [0.2, 0.25) is 5.91 Å². The molecule has 0 aliphatic heterocycles. The van der Waals surface area contributed by atoms with E-state index >= 15 is 0 Å². The molecule has 1 amide bonds. The normalized spacial score (nSPS) is 11.2. The second-order valence-corrected chi connectivity index (χ2v) is 6.91. The van der Waals surface area contributed by atoms with Crippen molar-refractivity contribution >= 4 is 23.4 Å². The van der Waals surface area contributed by atoms with E-state index < -0.39 is 0 Å². The van der Waals surface area contributed by atoms with Crippen LogP contribution in [0.4, 0.5) is 5.69 Å². The van der Waals surface area contributed by atoms with Crippen LogP contribution in [0, 0.1) is 5.41 Å². The van der Waals surface area contributed by atoms with E-state index in [-0.39, 0.29) is 11.3 Å². The Morgan fingerprint density at radius 2 is 2.10 bits per heavy atom. The van der Waals surface area contributed by atoms with Crippen molar-refractivity contribution in [3.8, 4) is 0 Å². The third kappa shape index (κ3) is 6.82. The van der Waals surface area contributed by atoms with Gasteiger partial charge in [0, 0.05) is 17.1 Å². The predicted molar refractivity (Wildman–Crippen MR) is 92.7 cm³/mol. The number of carbonyl (C=O) groups excluding carboxylic acids is 1. The summed E-state index contributed by atoms with van der Waals surface area (Å²) in [5.41, 5.74) is 6.59. The standard InChI is InChI=1S/C17H26N2OS/c1-4-13-21-15-8-6-5-7-14(15)19-16(20)9-10-17(2,3)11-12-18/h4-8H,1,9-13,18H2,2-3H3,(H,19,20). The van der Waals surface area contributed by atoms with E-state index in [1.165, 1.54) is 0 Å². The number of benzene rings is 1. The van der Waals surface area contributed by atoms with Crippen LogP contribution in [0.5, 0.6) is 0 Å². The molecule has 4 heteroatoms. The van der Waals surface area contributed by atoms with Crippen LogP contribution >= 0.6 is 11.8 Å². The Hall–Kier alpha value is -1.26. The average molecular weight is 306 g/mol. The molecule has 0 radical (unpaired) electrons. The van der Waals surface area contributed by atoms with Gasteiger partial charge in [0.15, 0.2) is 0 Å². The van der Waals surface area contributed by atoms with Gasteiger partial charge in [-0.15, -0.1) is 18.3 Å². The maximum Gasteiger partial charge on any atom is 0.224 e. The van der Waals surface area contributed by atoms with Crippen molar-refractivity contribution in [2.75, 3.05) is 17.6 Å². The van der Waals surface area contributed by atoms with Crippen LogP contribution in [-0.2, 0) is 4.79 Å². The van der Waals surface area contributed by atoms with Crippen LogP contribution in [0.15, 0.2) is 41.8 Å². The summed E-state index contributed by atoms with van der Waals surface area (Å²) in [5.74, 6) is 0.892. The van der Waals surface area contributed by atoms with Crippen LogP contribution in [0.2, 0.25) is 0 Å². The quantitative estimate of drug-likeness (QED) is 0.534. The number of hydrogen-bond acceptors (Lipinski definition) is 3. The van der Waals surface area contributed by atoms with Crippen molar-refractivity contribution in [2.24, 2.45) is 11.1 Å². The summed E-state index contributed by atoms with van der Waals surface area (Å²) in [6.45, 7) is 8.69. The molecule has 0 spiro atoms. The first-order valence-electron chi connectivity index (χ1n) is 7.31. The van der Waals surface area contributed by atoms with Gasteiger partial charge in [0.05, 0.1) is 5.69 Å². The van der Waals surface area contributed by atoms with Gasteiger partial charge in [-0.1, -0.05) is 32.1 Å². The number of thioether (sulfide) groups is 1. The fraction of sp³-hybridized carbons (Fsp3) is 0.471. The maximum atomic E-state index is 12.1. The van der Waals surface area contributed by atoms with E-state index in [0.717, 1.165) is 29.2 Å². The highest BCUT2D eigenvalue weighted by Crippen LogP contribution is 2.29. The van der Waals surface area contributed by atoms with Crippen LogP contribution < -0.4 is 11.1 Å². The van der Waals surface area contributed by atoms with Crippen molar-refractivity contribution < 1.29 is 4.79 Å². The monoisotopic (exact) mass is 306 g/mol. The number of carbonyl (C=O) groups is 1. The van der Waals surface area contributed by atoms with Crippen LogP contribution in [0.3, 0.4) is 0 Å². The summed E-state index contributed by atoms with van der Waals surface area (Å²) in [6, 6.07) is 7.87. The molecule has 0 atom stereocenters. The third-order valence-electron chi connectivity index (χ3n) is 3.37. The number of hydrogen-bond donors (Lipinski definition) is 2. The molecule has 0 unspecified atom stereocenters. The molecular formula is C17H26N2OS. The van der Waals surface area contributed by atoms with Crippen molar-refractivity contribution in [1.82, 2.24) is 0 Å². The lowest BCUT2D eigenvalue weighted by molar-refractivity contribution is -0.116. The fourth-order valence-corrected chi connectivity index (χ4v) is 2.77. The number of para-hydroxylation sites is 1. The molecule has 0 aromatic heterocycles. The first kappa shape index (κ1) is 17.8. The van der Waals surface area contributed by atoms with Gasteiger partial charge >= 0.3 is 0 Å². The van der Waals surface area contributed by atoms with E-state index in [0.29, 0.717) is 13.0 Å². The van der Waals surface area contributed by atoms with Crippen LogP contribution in [0.25, 0.3) is 0 Å². The van der Waals surface area contributed by atoms with E-state index in [1.807, 2.05) is 30.3 Å². The Kier molecular flexibility index (Phi) is 7.54. The molecule has 0 saturated heterocycles. The van der Waals surface area contributed by atoms with E-state index in [1.54, 1.807) is 11.8 Å². The molecule has 21 heavy (non-hydrogen) atoms. The highest BCUT2D eigenvalue weighted by atomic mass is 32.2. The second kappa shape index (κ2) is 8.90. The summed E-state index contributed by atoms with van der Waals surface area (Å²) in [4.78, 5) is 13.2. The fourth-order valence-electron chi connectivity index (χ4n) is 2.02. The minimum Gasteiger partial charge on any atom is -0.330 e. The summed E-state index contributed by atoms with van der Waals surface area (Å²) in [5, 5.41) is 3.01. The van der Waals surface area contributed by atoms with Gasteiger partial charge in [0.25, 0.3) is 0 Å². The zero-order valence-corrected chi connectivity index (χ0v) is 13.8. The Morgan fingerprint density at radius 1 is 1.38 bits per heavy atom. The molecule has 3 nitrogen and oxygen atoms in total. The van der Waals surface area contributed by atoms with Gasteiger partial charge < -0.3 is 11.1 Å². The maximum absolute atomic E-state index is 12.1. The average Bonchev–Trinajstić information content (AvgIpc) is 2.44. The van der Waals surface area contributed by atoms with E-state index in [2.05, 4.69) is 25.7 Å². The van der Waals surface area contributed by atoms with Crippen molar-refractivity contribution in [1.29, 1.82) is 0 Å². The third-order valence-corrected chi connectivity index (χ3v) is 4.44. The molecule has 1 aromatic carbocycles. The lowest BCUT2D eigenvalue weighted by atomic mass is 9.84. The second-order valence-electron chi connectivity index (χ2n) is 5.85. The molecule has 1 rings (SSSR count). The molecule has 116 valence electrons. The summed E-state index contributed by atoms with van der Waals surface area (Å²) < 4.78 is 0. The molecular weight excluding hydrogens is 280 g/mol. The van der Waals surface area contributed by atoms with Gasteiger partial charge in [-0.2, -0.15) is 0 Å². The predicted octanol–water partition coefficient (Wildman–Crippen LogP) is 4.06. The number of anilines is 1. The Morgan fingerprint density at radius 3 is 2.76 bits per heavy atom. The smallest absolute Gasteiger partial charge is 0.224 e. The SMILES string of the molecule is C=CCSc1ccccc1NC(=O)CCC(C)(C)CCN. The Bertz CT molecular complexity index is 472. The molecule has 0 aliphatic carbocycles. The van der Waals surface area contributed by atoms with Gasteiger partial charge in [0.1, 0.15) is 0 Å². The molecule has 1 aromatic rings. The summed E-state index contributed by atoms with van der Waals surface area (Å²) in [7, 11) is 0. The van der Waals surface area contributed by atoms with Gasteiger partial charge in [-0.25, -0.2) is 0 Å². The number of nitrogens with one attached hydrogen (secondary N) is 1. The van der Waals surface area contributed by atoms with Crippen molar-refractivity contribution in [3.63, 3.8) is 0 Å². The molecule has 0 saturated carbocycles. The first-order chi connectivity index (χ1) is 9.98. The topological polar surface area (TPSA) is 55.1 Å². The van der Waals surface area contributed by atoms with Gasteiger partial charge in [-0.3, -0.25) is 4.79 Å².